The fraction of sp³-hybridized carbons (Fsp3) is 0.0435. The maximum absolute atomic E-state index is 11.6. The van der Waals surface area contributed by atoms with Crippen molar-refractivity contribution in [3.05, 3.63) is 112 Å². The van der Waals surface area contributed by atoms with E-state index in [4.69, 9.17) is 0 Å². The Bertz CT molecular complexity index is 1150. The second-order valence-corrected chi connectivity index (χ2v) is 6.18. The third kappa shape index (κ3) is 3.31. The second kappa shape index (κ2) is 7.19. The first-order valence-electron chi connectivity index (χ1n) is 8.60. The Morgan fingerprint density at radius 2 is 1.59 bits per heavy atom. The van der Waals surface area contributed by atoms with Crippen molar-refractivity contribution in [2.75, 3.05) is 0 Å². The standard InChI is InChI=1S/C23H16N2O2/c26-25(27)22-13-7-12-21-23(22)20(16-24-21)19(18-10-5-2-6-11-18)15-14-17-8-3-1-4-9-17/h1-13,16,19,24H. The molecule has 0 fully saturated rings. The van der Waals surface area contributed by atoms with Crippen LogP contribution in [0.1, 0.15) is 22.6 Å². The zero-order valence-electron chi connectivity index (χ0n) is 14.4. The number of aromatic amines is 1. The van der Waals surface area contributed by atoms with E-state index in [0.717, 1.165) is 22.2 Å². The van der Waals surface area contributed by atoms with Gasteiger partial charge in [-0.2, -0.15) is 0 Å². The molecule has 0 bridgehead atoms. The summed E-state index contributed by atoms with van der Waals surface area (Å²) < 4.78 is 0. The third-order valence-corrected chi connectivity index (χ3v) is 4.49. The lowest BCUT2D eigenvalue weighted by molar-refractivity contribution is -0.383. The van der Waals surface area contributed by atoms with Crippen LogP contribution in [0.15, 0.2) is 85.1 Å². The normalized spacial score (nSPS) is 11.6. The predicted molar refractivity (Wildman–Crippen MR) is 107 cm³/mol. The number of nitrogens with one attached hydrogen (secondary N) is 1. The molecule has 4 aromatic rings. The highest BCUT2D eigenvalue weighted by molar-refractivity contribution is 5.93. The predicted octanol–water partition coefficient (Wildman–Crippen LogP) is 5.26. The zero-order valence-corrected chi connectivity index (χ0v) is 14.4. The first-order chi connectivity index (χ1) is 13.2. The minimum atomic E-state index is -0.341. The van der Waals surface area contributed by atoms with E-state index >= 15 is 0 Å². The van der Waals surface area contributed by atoms with Gasteiger partial charge in [-0.05, 0) is 23.8 Å². The maximum atomic E-state index is 11.6. The van der Waals surface area contributed by atoms with Crippen molar-refractivity contribution in [3.63, 3.8) is 0 Å². The van der Waals surface area contributed by atoms with Crippen LogP contribution in [-0.4, -0.2) is 9.91 Å². The molecule has 0 aliphatic heterocycles. The van der Waals surface area contributed by atoms with Crippen molar-refractivity contribution < 1.29 is 4.92 Å². The molecule has 0 amide bonds. The first-order valence-corrected chi connectivity index (χ1v) is 8.60. The largest absolute Gasteiger partial charge is 0.361 e. The fourth-order valence-electron chi connectivity index (χ4n) is 3.23. The molecule has 0 saturated heterocycles. The van der Waals surface area contributed by atoms with Gasteiger partial charge in [0.05, 0.1) is 21.7 Å². The summed E-state index contributed by atoms with van der Waals surface area (Å²) in [5, 5.41) is 12.2. The van der Waals surface area contributed by atoms with Crippen molar-refractivity contribution in [3.8, 4) is 11.8 Å². The summed E-state index contributed by atoms with van der Waals surface area (Å²) in [5.41, 5.74) is 3.55. The smallest absolute Gasteiger partial charge is 0.279 e. The molecule has 3 aromatic carbocycles. The SMILES string of the molecule is O=[N+]([O-])c1cccc2[nH]cc(C(C#Cc3ccccc3)c3ccccc3)c12. The van der Waals surface area contributed by atoms with Gasteiger partial charge in [-0.3, -0.25) is 10.1 Å². The number of rotatable bonds is 3. The molecular weight excluding hydrogens is 336 g/mol. The Hall–Kier alpha value is -3.84. The van der Waals surface area contributed by atoms with E-state index < -0.39 is 0 Å². The molecule has 27 heavy (non-hydrogen) atoms. The summed E-state index contributed by atoms with van der Waals surface area (Å²) >= 11 is 0. The summed E-state index contributed by atoms with van der Waals surface area (Å²) in [5.74, 6) is 6.25. The van der Waals surface area contributed by atoms with Crippen molar-refractivity contribution in [2.45, 2.75) is 5.92 Å². The summed E-state index contributed by atoms with van der Waals surface area (Å²) in [6.45, 7) is 0. The Morgan fingerprint density at radius 3 is 2.30 bits per heavy atom. The van der Waals surface area contributed by atoms with E-state index in [1.165, 1.54) is 6.07 Å². The van der Waals surface area contributed by atoms with E-state index in [9.17, 15) is 10.1 Å². The van der Waals surface area contributed by atoms with Gasteiger partial charge in [-0.25, -0.2) is 0 Å². The highest BCUT2D eigenvalue weighted by Gasteiger charge is 2.22. The highest BCUT2D eigenvalue weighted by atomic mass is 16.6. The van der Waals surface area contributed by atoms with Gasteiger partial charge in [-0.1, -0.05) is 66.4 Å². The van der Waals surface area contributed by atoms with E-state index in [-0.39, 0.29) is 16.5 Å². The van der Waals surface area contributed by atoms with Crippen molar-refractivity contribution >= 4 is 16.6 Å². The van der Waals surface area contributed by atoms with Gasteiger partial charge in [0, 0.05) is 23.4 Å². The van der Waals surface area contributed by atoms with E-state index in [2.05, 4.69) is 16.8 Å². The molecule has 0 aliphatic carbocycles. The molecule has 0 saturated carbocycles. The number of H-pyrrole nitrogens is 1. The lowest BCUT2D eigenvalue weighted by Gasteiger charge is -2.11. The van der Waals surface area contributed by atoms with E-state index in [1.807, 2.05) is 72.9 Å². The molecule has 1 unspecified atom stereocenters. The third-order valence-electron chi connectivity index (χ3n) is 4.49. The number of nitrogens with zero attached hydrogens (tertiary/aromatic N) is 1. The average Bonchev–Trinajstić information content (AvgIpc) is 3.14. The van der Waals surface area contributed by atoms with Crippen LogP contribution in [0.25, 0.3) is 10.9 Å². The Kier molecular flexibility index (Phi) is 4.42. The minimum absolute atomic E-state index is 0.0891. The van der Waals surface area contributed by atoms with Gasteiger partial charge in [0.15, 0.2) is 0 Å². The van der Waals surface area contributed by atoms with Crippen molar-refractivity contribution in [2.24, 2.45) is 0 Å². The maximum Gasteiger partial charge on any atom is 0.279 e. The molecule has 4 heteroatoms. The molecule has 1 atom stereocenters. The molecule has 4 rings (SSSR count). The Labute approximate surface area is 156 Å². The molecule has 0 radical (unpaired) electrons. The van der Waals surface area contributed by atoms with Crippen LogP contribution < -0.4 is 0 Å². The monoisotopic (exact) mass is 352 g/mol. The van der Waals surface area contributed by atoms with Gasteiger partial charge in [0.1, 0.15) is 0 Å². The number of non-ortho nitro benzene ring substituents is 1. The first kappa shape index (κ1) is 16.6. The Morgan fingerprint density at radius 1 is 0.889 bits per heavy atom. The number of hydrogen-bond donors (Lipinski definition) is 1. The van der Waals surface area contributed by atoms with Crippen LogP contribution in [0.3, 0.4) is 0 Å². The number of benzene rings is 3. The van der Waals surface area contributed by atoms with E-state index in [1.54, 1.807) is 6.07 Å². The van der Waals surface area contributed by atoms with Gasteiger partial charge >= 0.3 is 0 Å². The van der Waals surface area contributed by atoms with Crippen LogP contribution in [0.4, 0.5) is 5.69 Å². The van der Waals surface area contributed by atoms with Gasteiger partial charge in [0.2, 0.25) is 0 Å². The summed E-state index contributed by atoms with van der Waals surface area (Å²) in [6.07, 6.45) is 1.83. The lowest BCUT2D eigenvalue weighted by Crippen LogP contribution is -1.99. The zero-order chi connectivity index (χ0) is 18.6. The molecular formula is C23H16N2O2. The van der Waals surface area contributed by atoms with Gasteiger partial charge in [0.25, 0.3) is 5.69 Å². The number of aromatic nitrogens is 1. The molecule has 4 nitrogen and oxygen atoms in total. The molecule has 0 aliphatic rings. The number of hydrogen-bond acceptors (Lipinski definition) is 2. The molecule has 1 N–H and O–H groups in total. The highest BCUT2D eigenvalue weighted by Crippen LogP contribution is 2.35. The number of nitro benzene ring substituents is 1. The molecule has 0 spiro atoms. The van der Waals surface area contributed by atoms with Gasteiger partial charge < -0.3 is 4.98 Å². The second-order valence-electron chi connectivity index (χ2n) is 6.18. The van der Waals surface area contributed by atoms with Crippen LogP contribution in [-0.2, 0) is 0 Å². The van der Waals surface area contributed by atoms with Crippen molar-refractivity contribution in [1.82, 2.24) is 4.98 Å². The van der Waals surface area contributed by atoms with Gasteiger partial charge in [-0.15, -0.1) is 0 Å². The van der Waals surface area contributed by atoms with E-state index in [0.29, 0.717) is 5.39 Å². The average molecular weight is 352 g/mol. The number of nitro groups is 1. The lowest BCUT2D eigenvalue weighted by atomic mass is 9.90. The quantitative estimate of drug-likeness (QED) is 0.311. The molecule has 1 aromatic heterocycles. The molecule has 130 valence electrons. The van der Waals surface area contributed by atoms with Crippen LogP contribution in [0.2, 0.25) is 0 Å². The van der Waals surface area contributed by atoms with Crippen LogP contribution in [0.5, 0.6) is 0 Å². The summed E-state index contributed by atoms with van der Waals surface area (Å²) in [6, 6.07) is 24.7. The Balaban J connectivity index is 1.91. The van der Waals surface area contributed by atoms with Crippen LogP contribution in [0, 0.1) is 22.0 Å². The topological polar surface area (TPSA) is 58.9 Å². The summed E-state index contributed by atoms with van der Waals surface area (Å²) in [7, 11) is 0. The number of fused-ring (bicyclic) bond motifs is 1. The summed E-state index contributed by atoms with van der Waals surface area (Å²) in [4.78, 5) is 14.4. The van der Waals surface area contributed by atoms with Crippen LogP contribution >= 0.6 is 0 Å². The minimum Gasteiger partial charge on any atom is -0.361 e. The van der Waals surface area contributed by atoms with Crippen molar-refractivity contribution in [1.29, 1.82) is 0 Å². The molecule has 1 heterocycles. The fourth-order valence-corrected chi connectivity index (χ4v) is 3.23.